The largest absolute Gasteiger partial charge is 0.475 e. The van der Waals surface area contributed by atoms with Crippen LogP contribution in [-0.4, -0.2) is 61.3 Å². The maximum absolute atomic E-state index is 13.3. The molecule has 0 saturated carbocycles. The molecule has 0 spiro atoms. The molecule has 0 aliphatic carbocycles. The summed E-state index contributed by atoms with van der Waals surface area (Å²) in [5.74, 6) is -0.632. The molecule has 6 rings (SSSR count). The number of anilines is 1. The molecule has 3 fully saturated rings. The lowest BCUT2D eigenvalue weighted by molar-refractivity contribution is -0.217. The van der Waals surface area contributed by atoms with E-state index in [1.54, 1.807) is 29.4 Å². The molecule has 6 atom stereocenters. The van der Waals surface area contributed by atoms with E-state index in [2.05, 4.69) is 19.9 Å². The smallest absolute Gasteiger partial charge is 0.382 e. The Morgan fingerprint density at radius 2 is 2.14 bits per heavy atom. The van der Waals surface area contributed by atoms with Crippen LogP contribution in [0.2, 0.25) is 0 Å². The maximum atomic E-state index is 13.3. The number of nitrogens with zero attached hydrogens (tertiary/aromatic N) is 5. The molecule has 0 radical (unpaired) electrons. The minimum Gasteiger partial charge on any atom is -0.382 e. The van der Waals surface area contributed by atoms with Crippen molar-refractivity contribution in [3.8, 4) is 0 Å². The highest BCUT2D eigenvalue weighted by molar-refractivity contribution is 7.48. The van der Waals surface area contributed by atoms with Crippen LogP contribution in [0.3, 0.4) is 0 Å². The summed E-state index contributed by atoms with van der Waals surface area (Å²) in [4.78, 5) is 16.8. The van der Waals surface area contributed by atoms with Crippen molar-refractivity contribution < 1.29 is 32.3 Å². The van der Waals surface area contributed by atoms with Crippen molar-refractivity contribution in [3.05, 3.63) is 42.7 Å². The lowest BCUT2D eigenvalue weighted by atomic mass is 9.96. The minimum absolute atomic E-state index is 0.114. The first-order chi connectivity index (χ1) is 17.2. The van der Waals surface area contributed by atoms with E-state index in [1.807, 2.05) is 26.8 Å². The first-order valence-corrected chi connectivity index (χ1v) is 13.1. The fourth-order valence-electron chi connectivity index (χ4n) is 5.09. The van der Waals surface area contributed by atoms with Gasteiger partial charge >= 0.3 is 7.82 Å². The molecule has 0 aromatic carbocycles. The number of phosphoric ester groups is 1. The van der Waals surface area contributed by atoms with Crippen LogP contribution in [0, 0.1) is 0 Å². The third-order valence-electron chi connectivity index (χ3n) is 6.55. The van der Waals surface area contributed by atoms with Crippen LogP contribution in [0.25, 0.3) is 11.2 Å². The van der Waals surface area contributed by atoms with Crippen LogP contribution in [0.5, 0.6) is 0 Å². The van der Waals surface area contributed by atoms with Crippen molar-refractivity contribution in [2.45, 2.75) is 63.1 Å². The summed E-state index contributed by atoms with van der Waals surface area (Å²) in [5.41, 5.74) is 6.78. The van der Waals surface area contributed by atoms with Crippen LogP contribution in [0.1, 0.15) is 45.1 Å². The van der Waals surface area contributed by atoms with Crippen molar-refractivity contribution in [2.75, 3.05) is 18.9 Å². The zero-order valence-corrected chi connectivity index (χ0v) is 20.9. The predicted molar refractivity (Wildman–Crippen MR) is 124 cm³/mol. The monoisotopic (exact) mass is 518 g/mol. The number of hydrogen-bond acceptors (Lipinski definition) is 12. The predicted octanol–water partition coefficient (Wildman–Crippen LogP) is 2.91. The summed E-state index contributed by atoms with van der Waals surface area (Å²) in [6.45, 7) is 5.65. The second kappa shape index (κ2) is 8.52. The summed E-state index contributed by atoms with van der Waals surface area (Å²) in [7, 11) is -3.86. The highest BCUT2D eigenvalue weighted by Gasteiger charge is 2.64. The lowest BCUT2D eigenvalue weighted by Crippen LogP contribution is -2.42. The maximum Gasteiger partial charge on any atom is 0.475 e. The molecule has 36 heavy (non-hydrogen) atoms. The molecule has 0 amide bonds. The fraction of sp³-hybridized carbons (Fsp3) is 0.545. The molecular weight excluding hydrogens is 491 g/mol. The van der Waals surface area contributed by atoms with Gasteiger partial charge in [0.15, 0.2) is 23.5 Å². The van der Waals surface area contributed by atoms with Gasteiger partial charge in [-0.05, 0) is 32.4 Å². The normalized spacial score (nSPS) is 35.8. The van der Waals surface area contributed by atoms with E-state index in [-0.39, 0.29) is 19.0 Å². The molecule has 0 bridgehead atoms. The fourth-order valence-corrected chi connectivity index (χ4v) is 6.48. The van der Waals surface area contributed by atoms with Gasteiger partial charge in [0.2, 0.25) is 0 Å². The van der Waals surface area contributed by atoms with Crippen molar-refractivity contribution in [3.63, 3.8) is 0 Å². The summed E-state index contributed by atoms with van der Waals surface area (Å²) in [5, 5.41) is 0. The van der Waals surface area contributed by atoms with Gasteiger partial charge in [0.05, 0.1) is 25.6 Å². The Balaban J connectivity index is 1.25. The van der Waals surface area contributed by atoms with Crippen LogP contribution >= 0.6 is 7.82 Å². The number of ether oxygens (including phenoxy) is 3. The molecule has 6 heterocycles. The SMILES string of the molecule is CC1(C)O[C@@H]2[C@@H](COP3(=O)OCCC(c4cccnc4)O3)O[C@@H](n3cnc4c(N)ncnc43)[C@]2(C)O1. The Bertz CT molecular complexity index is 1320. The first kappa shape index (κ1) is 23.9. The molecule has 3 saturated heterocycles. The van der Waals surface area contributed by atoms with Crippen LogP contribution in [0.15, 0.2) is 37.2 Å². The van der Waals surface area contributed by atoms with Gasteiger partial charge < -0.3 is 19.9 Å². The number of nitrogen functional groups attached to an aromatic ring is 1. The number of hydrogen-bond donors (Lipinski definition) is 1. The lowest BCUT2D eigenvalue weighted by Gasteiger charge is -2.30. The molecule has 3 aromatic rings. The Morgan fingerprint density at radius 1 is 1.28 bits per heavy atom. The molecule has 2 unspecified atom stereocenters. The number of rotatable bonds is 5. The molecule has 3 aliphatic rings. The molecule has 13 nitrogen and oxygen atoms in total. The summed E-state index contributed by atoms with van der Waals surface area (Å²) in [6.07, 6.45) is 4.47. The Hall–Kier alpha value is -2.51. The Kier molecular flexibility index (Phi) is 5.65. The van der Waals surface area contributed by atoms with Gasteiger partial charge in [0, 0.05) is 18.8 Å². The van der Waals surface area contributed by atoms with Gasteiger partial charge in [-0.2, -0.15) is 0 Å². The average Bonchev–Trinajstić information content (AvgIpc) is 3.46. The Morgan fingerprint density at radius 3 is 2.94 bits per heavy atom. The van der Waals surface area contributed by atoms with Crippen molar-refractivity contribution in [2.24, 2.45) is 0 Å². The Labute approximate surface area is 206 Å². The van der Waals surface area contributed by atoms with Gasteiger partial charge in [-0.25, -0.2) is 19.5 Å². The van der Waals surface area contributed by atoms with E-state index < -0.39 is 43.8 Å². The highest BCUT2D eigenvalue weighted by atomic mass is 31.2. The zero-order valence-electron chi connectivity index (χ0n) is 20.0. The van der Waals surface area contributed by atoms with E-state index in [4.69, 9.17) is 33.5 Å². The van der Waals surface area contributed by atoms with Crippen LogP contribution < -0.4 is 5.73 Å². The van der Waals surface area contributed by atoms with E-state index >= 15 is 0 Å². The van der Waals surface area contributed by atoms with Gasteiger partial charge in [-0.3, -0.25) is 23.1 Å². The average molecular weight is 518 g/mol. The zero-order chi connectivity index (χ0) is 25.1. The number of aromatic nitrogens is 5. The molecule has 3 aliphatic heterocycles. The third-order valence-corrected chi connectivity index (χ3v) is 8.03. The second-order valence-corrected chi connectivity index (χ2v) is 11.2. The molecule has 2 N–H and O–H groups in total. The third kappa shape index (κ3) is 4.01. The van der Waals surface area contributed by atoms with Gasteiger partial charge in [-0.15, -0.1) is 0 Å². The van der Waals surface area contributed by atoms with Crippen LogP contribution in [0.4, 0.5) is 5.82 Å². The van der Waals surface area contributed by atoms with Gasteiger partial charge in [-0.1, -0.05) is 6.07 Å². The van der Waals surface area contributed by atoms with E-state index in [1.165, 1.54) is 6.33 Å². The summed E-state index contributed by atoms with van der Waals surface area (Å²) < 4.78 is 51.0. The summed E-state index contributed by atoms with van der Waals surface area (Å²) >= 11 is 0. The summed E-state index contributed by atoms with van der Waals surface area (Å²) in [6, 6.07) is 3.66. The quantitative estimate of drug-likeness (QED) is 0.494. The number of nitrogens with two attached hydrogens (primary N) is 1. The van der Waals surface area contributed by atoms with Gasteiger partial charge in [0.25, 0.3) is 0 Å². The number of pyridine rings is 1. The highest BCUT2D eigenvalue weighted by Crippen LogP contribution is 2.58. The van der Waals surface area contributed by atoms with E-state index in [0.29, 0.717) is 17.6 Å². The van der Waals surface area contributed by atoms with Crippen molar-refractivity contribution in [1.29, 1.82) is 0 Å². The molecule has 3 aromatic heterocycles. The minimum atomic E-state index is -3.86. The number of imidazole rings is 1. The van der Waals surface area contributed by atoms with Crippen molar-refractivity contribution >= 4 is 24.8 Å². The molecule has 192 valence electrons. The van der Waals surface area contributed by atoms with Crippen molar-refractivity contribution in [1.82, 2.24) is 24.5 Å². The van der Waals surface area contributed by atoms with Gasteiger partial charge in [0.1, 0.15) is 29.7 Å². The van der Waals surface area contributed by atoms with E-state index in [0.717, 1.165) is 5.56 Å². The second-order valence-electron chi connectivity index (χ2n) is 9.58. The first-order valence-electron chi connectivity index (χ1n) is 11.6. The van der Waals surface area contributed by atoms with Crippen LogP contribution in [-0.2, 0) is 32.3 Å². The standard InChI is InChI=1S/C22H27N6O7P/c1-21(2)33-17-15(10-31-36(29)30-8-6-14(34-36)13-5-4-7-24-9-13)32-20(22(17,3)35-21)28-12-27-16-18(23)25-11-26-19(16)28/h4-5,7,9,11-12,14-15,17,20H,6,8,10H2,1-3H3,(H2,23,25,26)/t14?,15-,17-,20-,22-,36?/m1/s1. The molecular formula is C22H27N6O7P. The molecule has 14 heteroatoms. The van der Waals surface area contributed by atoms with E-state index in [9.17, 15) is 4.57 Å². The number of fused-ring (bicyclic) bond motifs is 2. The topological polar surface area (TPSA) is 155 Å². The number of phosphoric acid groups is 1.